The second kappa shape index (κ2) is 6.47. The van der Waals surface area contributed by atoms with Crippen molar-refractivity contribution in [2.75, 3.05) is 20.3 Å². The van der Waals surface area contributed by atoms with Crippen molar-refractivity contribution in [1.29, 1.82) is 0 Å². The number of hydroxylamine groups is 2. The van der Waals surface area contributed by atoms with Gasteiger partial charge in [-0.25, -0.2) is 4.79 Å². The Morgan fingerprint density at radius 1 is 1.26 bits per heavy atom. The summed E-state index contributed by atoms with van der Waals surface area (Å²) in [5.74, 6) is -1.92. The lowest BCUT2D eigenvalue weighted by Crippen LogP contribution is -2.38. The largest absolute Gasteiger partial charge is 0.379 e. The van der Waals surface area contributed by atoms with Gasteiger partial charge >= 0.3 is 5.97 Å². The van der Waals surface area contributed by atoms with Crippen molar-refractivity contribution < 1.29 is 28.7 Å². The van der Waals surface area contributed by atoms with Crippen LogP contribution in [-0.2, 0) is 19.1 Å². The molecule has 3 rings (SSSR count). The quantitative estimate of drug-likeness (QED) is 0.775. The topological polar surface area (TPSA) is 82.1 Å². The average Bonchev–Trinajstić information content (AvgIpc) is 2.81. The van der Waals surface area contributed by atoms with Gasteiger partial charge in [-0.1, -0.05) is 17.2 Å². The number of carbonyl (C=O) groups is 3. The monoisotopic (exact) mass is 319 g/mol. The maximum absolute atomic E-state index is 12.1. The summed E-state index contributed by atoms with van der Waals surface area (Å²) in [6.45, 7) is 0.965. The van der Waals surface area contributed by atoms with E-state index in [9.17, 15) is 14.4 Å². The van der Waals surface area contributed by atoms with E-state index in [1.807, 2.05) is 0 Å². The number of carbonyl (C=O) groups excluding carboxylic acids is 3. The molecule has 2 atom stereocenters. The highest BCUT2D eigenvalue weighted by molar-refractivity contribution is 6.20. The molecule has 0 aliphatic carbocycles. The molecule has 7 nitrogen and oxygen atoms in total. The van der Waals surface area contributed by atoms with Crippen LogP contribution in [0.4, 0.5) is 0 Å². The van der Waals surface area contributed by atoms with Gasteiger partial charge in [-0.05, 0) is 18.6 Å². The molecule has 2 amide bonds. The average molecular weight is 319 g/mol. The number of benzene rings is 1. The minimum Gasteiger partial charge on any atom is -0.379 e. The second-order valence-corrected chi connectivity index (χ2v) is 5.52. The molecule has 23 heavy (non-hydrogen) atoms. The van der Waals surface area contributed by atoms with E-state index in [1.165, 1.54) is 12.1 Å². The fraction of sp³-hybridized carbons (Fsp3) is 0.438. The second-order valence-electron chi connectivity index (χ2n) is 5.52. The normalized spacial score (nSPS) is 23.8. The van der Waals surface area contributed by atoms with Crippen LogP contribution in [0.1, 0.15) is 33.6 Å². The highest BCUT2D eigenvalue weighted by atomic mass is 16.7. The zero-order valence-corrected chi connectivity index (χ0v) is 12.7. The van der Waals surface area contributed by atoms with E-state index in [-0.39, 0.29) is 29.6 Å². The third kappa shape index (κ3) is 2.97. The first-order valence-corrected chi connectivity index (χ1v) is 7.41. The SMILES string of the molecule is COC1COCCC1CC(=O)ON1C(=O)c2ccccc2C1=O. The Hall–Kier alpha value is -2.25. The Morgan fingerprint density at radius 3 is 2.52 bits per heavy atom. The molecule has 0 saturated carbocycles. The Balaban J connectivity index is 1.65. The molecule has 1 saturated heterocycles. The standard InChI is InChI=1S/C16H17NO6/c1-21-13-9-22-7-6-10(13)8-14(18)23-17-15(19)11-4-2-3-5-12(11)16(17)20/h2-5,10,13H,6-9H2,1H3. The third-order valence-electron chi connectivity index (χ3n) is 4.12. The molecular formula is C16H17NO6. The van der Waals surface area contributed by atoms with Gasteiger partial charge in [0.15, 0.2) is 0 Å². The van der Waals surface area contributed by atoms with Gasteiger partial charge in [-0.3, -0.25) is 9.59 Å². The Bertz CT molecular complexity index is 608. The summed E-state index contributed by atoms with van der Waals surface area (Å²) in [5, 5.41) is 0.536. The van der Waals surface area contributed by atoms with Crippen molar-refractivity contribution >= 4 is 17.8 Å². The fourth-order valence-electron chi connectivity index (χ4n) is 2.85. The van der Waals surface area contributed by atoms with Gasteiger partial charge < -0.3 is 14.3 Å². The molecule has 2 aliphatic rings. The van der Waals surface area contributed by atoms with Crippen LogP contribution in [0.2, 0.25) is 0 Å². The van der Waals surface area contributed by atoms with Crippen LogP contribution in [0.5, 0.6) is 0 Å². The summed E-state index contributed by atoms with van der Waals surface area (Å²) in [5.41, 5.74) is 0.484. The van der Waals surface area contributed by atoms with Crippen LogP contribution in [0.25, 0.3) is 0 Å². The molecule has 7 heteroatoms. The van der Waals surface area contributed by atoms with Gasteiger partial charge in [-0.2, -0.15) is 0 Å². The van der Waals surface area contributed by atoms with Crippen LogP contribution < -0.4 is 0 Å². The van der Waals surface area contributed by atoms with Crippen molar-refractivity contribution in [2.45, 2.75) is 18.9 Å². The van der Waals surface area contributed by atoms with Crippen molar-refractivity contribution in [3.63, 3.8) is 0 Å². The van der Waals surface area contributed by atoms with Crippen molar-refractivity contribution in [1.82, 2.24) is 5.06 Å². The number of nitrogens with zero attached hydrogens (tertiary/aromatic N) is 1. The minimum atomic E-state index is -0.631. The zero-order chi connectivity index (χ0) is 16.4. The van der Waals surface area contributed by atoms with E-state index in [0.717, 1.165) is 0 Å². The number of ether oxygens (including phenoxy) is 2. The van der Waals surface area contributed by atoms with Gasteiger partial charge in [0.25, 0.3) is 11.8 Å². The van der Waals surface area contributed by atoms with Crippen LogP contribution >= 0.6 is 0 Å². The Kier molecular flexibility index (Phi) is 4.40. The van der Waals surface area contributed by atoms with Crippen molar-refractivity contribution in [3.05, 3.63) is 35.4 Å². The van der Waals surface area contributed by atoms with Crippen LogP contribution in [0.15, 0.2) is 24.3 Å². The van der Waals surface area contributed by atoms with E-state index < -0.39 is 17.8 Å². The third-order valence-corrected chi connectivity index (χ3v) is 4.12. The molecular weight excluding hydrogens is 302 g/mol. The van der Waals surface area contributed by atoms with E-state index in [4.69, 9.17) is 14.3 Å². The van der Waals surface area contributed by atoms with Gasteiger partial charge in [0, 0.05) is 19.6 Å². The minimum absolute atomic E-state index is 0.0589. The van der Waals surface area contributed by atoms with E-state index >= 15 is 0 Å². The fourth-order valence-corrected chi connectivity index (χ4v) is 2.85. The molecule has 122 valence electrons. The van der Waals surface area contributed by atoms with Crippen LogP contribution in [0.3, 0.4) is 0 Å². The van der Waals surface area contributed by atoms with Crippen LogP contribution in [0, 0.1) is 5.92 Å². The summed E-state index contributed by atoms with van der Waals surface area (Å²) >= 11 is 0. The Labute approximate surface area is 133 Å². The molecule has 0 bridgehead atoms. The van der Waals surface area contributed by atoms with Crippen molar-refractivity contribution in [2.24, 2.45) is 5.92 Å². The highest BCUT2D eigenvalue weighted by Crippen LogP contribution is 2.25. The summed E-state index contributed by atoms with van der Waals surface area (Å²) in [6, 6.07) is 6.37. The summed E-state index contributed by atoms with van der Waals surface area (Å²) in [6.07, 6.45) is 0.531. The summed E-state index contributed by atoms with van der Waals surface area (Å²) < 4.78 is 10.6. The summed E-state index contributed by atoms with van der Waals surface area (Å²) in [4.78, 5) is 41.4. The first-order chi connectivity index (χ1) is 11.1. The number of imide groups is 1. The number of hydrogen-bond acceptors (Lipinski definition) is 6. The number of fused-ring (bicyclic) bond motifs is 1. The van der Waals surface area contributed by atoms with E-state index in [1.54, 1.807) is 19.2 Å². The van der Waals surface area contributed by atoms with Crippen molar-refractivity contribution in [3.8, 4) is 0 Å². The predicted octanol–water partition coefficient (Wildman–Crippen LogP) is 1.18. The summed E-state index contributed by atoms with van der Waals surface area (Å²) in [7, 11) is 1.56. The molecule has 0 spiro atoms. The number of amides is 2. The molecule has 0 aromatic heterocycles. The molecule has 2 unspecified atom stereocenters. The zero-order valence-electron chi connectivity index (χ0n) is 12.7. The molecule has 1 aromatic rings. The molecule has 0 radical (unpaired) electrons. The van der Waals surface area contributed by atoms with Crippen LogP contribution in [-0.4, -0.2) is 49.3 Å². The molecule has 1 aromatic carbocycles. The van der Waals surface area contributed by atoms with Gasteiger partial charge in [0.05, 0.1) is 30.3 Å². The number of rotatable bonds is 4. The first kappa shape index (κ1) is 15.6. The Morgan fingerprint density at radius 2 is 1.91 bits per heavy atom. The number of hydrogen-bond donors (Lipinski definition) is 0. The maximum atomic E-state index is 12.1. The van der Waals surface area contributed by atoms with Gasteiger partial charge in [0.1, 0.15) is 0 Å². The molecule has 1 fully saturated rings. The lowest BCUT2D eigenvalue weighted by atomic mass is 9.94. The predicted molar refractivity (Wildman–Crippen MR) is 77.4 cm³/mol. The lowest BCUT2D eigenvalue weighted by Gasteiger charge is -2.29. The first-order valence-electron chi connectivity index (χ1n) is 7.41. The number of methoxy groups -OCH3 is 1. The van der Waals surface area contributed by atoms with Gasteiger partial charge in [-0.15, -0.1) is 0 Å². The highest BCUT2D eigenvalue weighted by Gasteiger charge is 2.39. The molecule has 0 N–H and O–H groups in total. The van der Waals surface area contributed by atoms with E-state index in [0.29, 0.717) is 24.7 Å². The maximum Gasteiger partial charge on any atom is 0.333 e. The smallest absolute Gasteiger partial charge is 0.333 e. The molecule has 2 heterocycles. The van der Waals surface area contributed by atoms with Gasteiger partial charge in [0.2, 0.25) is 0 Å². The lowest BCUT2D eigenvalue weighted by molar-refractivity contribution is -0.172. The van der Waals surface area contributed by atoms with E-state index in [2.05, 4.69) is 0 Å². The molecule has 2 aliphatic heterocycles.